The number of benzene rings is 2. The SMILES string of the molecule is Cn1ccc2c(S(=O)(=O)N[C@@H](Cc3ccccc3)C(=O)N/C(=C/C3CCC3)B(O)O)cccc21. The largest absolute Gasteiger partial charge is 0.505 e. The number of aryl methyl sites for hydroxylation is 1. The minimum absolute atomic E-state index is 0.0304. The Morgan fingerprint density at radius 3 is 2.53 bits per heavy atom. The van der Waals surface area contributed by atoms with E-state index in [0.29, 0.717) is 5.39 Å². The number of carbonyl (C=O) groups is 1. The zero-order chi connectivity index (χ0) is 24.3. The van der Waals surface area contributed by atoms with Gasteiger partial charge in [0.1, 0.15) is 6.04 Å². The highest BCUT2D eigenvalue weighted by Crippen LogP contribution is 2.28. The second-order valence-corrected chi connectivity index (χ2v) is 10.3. The molecule has 0 radical (unpaired) electrons. The van der Waals surface area contributed by atoms with Crippen LogP contribution in [0.4, 0.5) is 0 Å². The molecule has 0 spiro atoms. The van der Waals surface area contributed by atoms with Crippen molar-refractivity contribution < 1.29 is 23.3 Å². The van der Waals surface area contributed by atoms with Crippen molar-refractivity contribution in [1.29, 1.82) is 0 Å². The van der Waals surface area contributed by atoms with Crippen molar-refractivity contribution >= 4 is 34.0 Å². The lowest BCUT2D eigenvalue weighted by molar-refractivity contribution is -0.121. The number of rotatable bonds is 9. The summed E-state index contributed by atoms with van der Waals surface area (Å²) < 4.78 is 31.2. The predicted octanol–water partition coefficient (Wildman–Crippen LogP) is 1.88. The third-order valence-corrected chi connectivity index (χ3v) is 7.71. The van der Waals surface area contributed by atoms with Crippen molar-refractivity contribution in [3.05, 3.63) is 78.0 Å². The van der Waals surface area contributed by atoms with E-state index in [2.05, 4.69) is 10.0 Å². The molecule has 4 rings (SSSR count). The average molecular weight is 481 g/mol. The smallest absolute Gasteiger partial charge is 0.422 e. The molecule has 8 nitrogen and oxygen atoms in total. The summed E-state index contributed by atoms with van der Waals surface area (Å²) in [4.78, 5) is 13.3. The number of carbonyl (C=O) groups excluding carboxylic acids is 1. The van der Waals surface area contributed by atoms with Gasteiger partial charge in [0, 0.05) is 29.7 Å². The van der Waals surface area contributed by atoms with E-state index < -0.39 is 29.1 Å². The molecule has 1 fully saturated rings. The molecule has 0 unspecified atom stereocenters. The van der Waals surface area contributed by atoms with Crippen molar-refractivity contribution in [3.63, 3.8) is 0 Å². The molecule has 1 heterocycles. The summed E-state index contributed by atoms with van der Waals surface area (Å²) in [7, 11) is -4.12. The highest BCUT2D eigenvalue weighted by Gasteiger charge is 2.30. The van der Waals surface area contributed by atoms with E-state index in [1.807, 2.05) is 35.9 Å². The highest BCUT2D eigenvalue weighted by atomic mass is 32.2. The summed E-state index contributed by atoms with van der Waals surface area (Å²) in [5, 5.41) is 22.6. The van der Waals surface area contributed by atoms with Crippen molar-refractivity contribution in [2.75, 3.05) is 0 Å². The van der Waals surface area contributed by atoms with Crippen LogP contribution in [-0.2, 0) is 28.3 Å². The number of hydrogen-bond acceptors (Lipinski definition) is 5. The Labute approximate surface area is 199 Å². The van der Waals surface area contributed by atoms with E-state index in [4.69, 9.17) is 0 Å². The fraction of sp³-hybridized carbons (Fsp3) is 0.292. The Balaban J connectivity index is 1.64. The van der Waals surface area contributed by atoms with Gasteiger partial charge < -0.3 is 19.9 Å². The normalized spacial score (nSPS) is 15.7. The molecule has 1 aliphatic carbocycles. The molecule has 1 aliphatic rings. The summed E-state index contributed by atoms with van der Waals surface area (Å²) in [5.74, 6) is -0.497. The standard InChI is InChI=1S/C24H28BN3O5S/c1-28-14-13-19-21(28)11-6-12-22(19)34(32,33)27-20(15-17-7-3-2-4-8-17)24(29)26-23(25(30)31)16-18-9-5-10-18/h2-4,6-8,11-14,16,18,20,27,30-31H,5,9-10,15H2,1H3,(H,26,29)/b23-16+/t20-/m0/s1. The molecule has 1 aromatic heterocycles. The third-order valence-electron chi connectivity index (χ3n) is 6.18. The monoisotopic (exact) mass is 481 g/mol. The fourth-order valence-corrected chi connectivity index (χ4v) is 5.49. The van der Waals surface area contributed by atoms with Gasteiger partial charge in [-0.15, -0.1) is 0 Å². The van der Waals surface area contributed by atoms with Crippen LogP contribution >= 0.6 is 0 Å². The Morgan fingerprint density at radius 1 is 1.15 bits per heavy atom. The van der Waals surface area contributed by atoms with Gasteiger partial charge in [0.15, 0.2) is 0 Å². The van der Waals surface area contributed by atoms with Crippen LogP contribution in [0.15, 0.2) is 77.4 Å². The zero-order valence-electron chi connectivity index (χ0n) is 18.9. The van der Waals surface area contributed by atoms with Gasteiger partial charge in [0.05, 0.1) is 4.90 Å². The van der Waals surface area contributed by atoms with Crippen LogP contribution in [0.3, 0.4) is 0 Å². The molecule has 1 amide bonds. The third kappa shape index (κ3) is 5.42. The molecule has 3 aromatic rings. The van der Waals surface area contributed by atoms with Crippen LogP contribution in [0.5, 0.6) is 0 Å². The molecule has 178 valence electrons. The lowest BCUT2D eigenvalue weighted by Gasteiger charge is -2.24. The first-order chi connectivity index (χ1) is 16.2. The van der Waals surface area contributed by atoms with Crippen molar-refractivity contribution in [1.82, 2.24) is 14.6 Å². The number of nitrogens with zero attached hydrogens (tertiary/aromatic N) is 1. The summed E-state index contributed by atoms with van der Waals surface area (Å²) in [6, 6.07) is 14.6. The zero-order valence-corrected chi connectivity index (χ0v) is 19.7. The second-order valence-electron chi connectivity index (χ2n) is 8.66. The summed E-state index contributed by atoms with van der Waals surface area (Å²) in [5.41, 5.74) is 1.48. The fourth-order valence-electron chi connectivity index (χ4n) is 4.08. The quantitative estimate of drug-likeness (QED) is 0.348. The van der Waals surface area contributed by atoms with E-state index in [1.54, 1.807) is 36.5 Å². The molecular weight excluding hydrogens is 453 g/mol. The van der Waals surface area contributed by atoms with Gasteiger partial charge in [-0.25, -0.2) is 8.42 Å². The first kappa shape index (κ1) is 24.2. The molecule has 0 bridgehead atoms. The number of sulfonamides is 1. The molecule has 4 N–H and O–H groups in total. The highest BCUT2D eigenvalue weighted by molar-refractivity contribution is 7.89. The van der Waals surface area contributed by atoms with Crippen molar-refractivity contribution in [2.45, 2.75) is 36.6 Å². The first-order valence-corrected chi connectivity index (χ1v) is 12.7. The average Bonchev–Trinajstić information content (AvgIpc) is 3.16. The number of amides is 1. The maximum absolute atomic E-state index is 13.4. The predicted molar refractivity (Wildman–Crippen MR) is 131 cm³/mol. The van der Waals surface area contributed by atoms with E-state index in [9.17, 15) is 23.3 Å². The van der Waals surface area contributed by atoms with Crippen LogP contribution in [0.25, 0.3) is 10.9 Å². The summed E-state index contributed by atoms with van der Waals surface area (Å²) in [6.07, 6.45) is 6.38. The molecule has 10 heteroatoms. The molecule has 1 atom stereocenters. The topological polar surface area (TPSA) is 121 Å². The Hall–Kier alpha value is -2.92. The van der Waals surface area contributed by atoms with Gasteiger partial charge in [-0.3, -0.25) is 4.79 Å². The molecule has 2 aromatic carbocycles. The van der Waals surface area contributed by atoms with Crippen LogP contribution in [-0.4, -0.2) is 42.1 Å². The summed E-state index contributed by atoms with van der Waals surface area (Å²) in [6.45, 7) is 0. The van der Waals surface area contributed by atoms with Crippen LogP contribution in [0, 0.1) is 5.92 Å². The number of fused-ring (bicyclic) bond motifs is 1. The Kier molecular flexibility index (Phi) is 7.23. The van der Waals surface area contributed by atoms with Gasteiger partial charge in [-0.1, -0.05) is 48.9 Å². The second kappa shape index (κ2) is 10.1. The molecule has 34 heavy (non-hydrogen) atoms. The van der Waals surface area contributed by atoms with Crippen LogP contribution in [0.1, 0.15) is 24.8 Å². The van der Waals surface area contributed by atoms with E-state index in [1.165, 1.54) is 6.07 Å². The van der Waals surface area contributed by atoms with Gasteiger partial charge in [-0.2, -0.15) is 4.72 Å². The minimum Gasteiger partial charge on any atom is -0.422 e. The molecule has 0 saturated heterocycles. The lowest BCUT2D eigenvalue weighted by Crippen LogP contribution is -2.49. The van der Waals surface area contributed by atoms with Gasteiger partial charge in [-0.05, 0) is 48.9 Å². The molecular formula is C24H28BN3O5S. The van der Waals surface area contributed by atoms with Crippen molar-refractivity contribution in [3.8, 4) is 0 Å². The van der Waals surface area contributed by atoms with Gasteiger partial charge in [0.2, 0.25) is 15.9 Å². The van der Waals surface area contributed by atoms with Gasteiger partial charge >= 0.3 is 7.12 Å². The van der Waals surface area contributed by atoms with Gasteiger partial charge in [0.25, 0.3) is 0 Å². The number of aromatic nitrogens is 1. The number of allylic oxidation sites excluding steroid dienone is 1. The maximum Gasteiger partial charge on any atom is 0.505 e. The van der Waals surface area contributed by atoms with E-state index >= 15 is 0 Å². The Morgan fingerprint density at radius 2 is 1.88 bits per heavy atom. The minimum atomic E-state index is -4.08. The molecule has 0 aliphatic heterocycles. The van der Waals surface area contributed by atoms with Crippen molar-refractivity contribution in [2.24, 2.45) is 13.0 Å². The van der Waals surface area contributed by atoms with Crippen LogP contribution < -0.4 is 10.0 Å². The molecule has 1 saturated carbocycles. The number of nitrogens with one attached hydrogen (secondary N) is 2. The summed E-state index contributed by atoms with van der Waals surface area (Å²) >= 11 is 0. The number of hydrogen-bond donors (Lipinski definition) is 4. The Bertz CT molecular complexity index is 1300. The maximum atomic E-state index is 13.4. The van der Waals surface area contributed by atoms with Crippen LogP contribution in [0.2, 0.25) is 0 Å². The first-order valence-electron chi connectivity index (χ1n) is 11.2. The lowest BCUT2D eigenvalue weighted by atomic mass is 9.78. The van der Waals surface area contributed by atoms with E-state index in [-0.39, 0.29) is 22.8 Å². The van der Waals surface area contributed by atoms with E-state index in [0.717, 1.165) is 30.3 Å².